The Hall–Kier alpha value is -3.86. The average Bonchev–Trinajstić information content (AvgIpc) is 2.81. The molecule has 5 nitrogen and oxygen atoms in total. The van der Waals surface area contributed by atoms with E-state index < -0.39 is 0 Å². The van der Waals surface area contributed by atoms with Gasteiger partial charge >= 0.3 is 0 Å². The van der Waals surface area contributed by atoms with Crippen LogP contribution < -0.4 is 15.0 Å². The predicted molar refractivity (Wildman–Crippen MR) is 126 cm³/mol. The van der Waals surface area contributed by atoms with E-state index in [-0.39, 0.29) is 6.04 Å². The summed E-state index contributed by atoms with van der Waals surface area (Å²) in [6.07, 6.45) is 1.78. The van der Waals surface area contributed by atoms with Gasteiger partial charge in [-0.2, -0.15) is 4.98 Å². The Morgan fingerprint density at radius 1 is 0.871 bits per heavy atom. The number of benzene rings is 3. The van der Waals surface area contributed by atoms with Gasteiger partial charge in [-0.1, -0.05) is 60.2 Å². The van der Waals surface area contributed by atoms with Gasteiger partial charge in [-0.3, -0.25) is 4.90 Å². The van der Waals surface area contributed by atoms with Crippen LogP contribution in [0.4, 0.5) is 23.1 Å². The maximum absolute atomic E-state index is 5.62. The zero-order valence-corrected chi connectivity index (χ0v) is 18.0. The van der Waals surface area contributed by atoms with Crippen LogP contribution in [0.5, 0.6) is 5.75 Å². The highest BCUT2D eigenvalue weighted by Gasteiger charge is 2.19. The fourth-order valence-corrected chi connectivity index (χ4v) is 3.45. The lowest BCUT2D eigenvalue weighted by Gasteiger charge is -2.25. The smallest absolute Gasteiger partial charge is 0.236 e. The molecular formula is C26H26N4O. The number of anilines is 4. The van der Waals surface area contributed by atoms with Crippen LogP contribution in [0, 0.1) is 6.92 Å². The van der Waals surface area contributed by atoms with Crippen molar-refractivity contribution in [2.45, 2.75) is 19.9 Å². The van der Waals surface area contributed by atoms with Gasteiger partial charge in [-0.05, 0) is 49.7 Å². The molecule has 0 aliphatic carbocycles. The maximum atomic E-state index is 5.62. The van der Waals surface area contributed by atoms with Crippen LogP contribution in [-0.4, -0.2) is 17.1 Å². The second kappa shape index (κ2) is 9.30. The zero-order chi connectivity index (χ0) is 21.6. The van der Waals surface area contributed by atoms with Crippen molar-refractivity contribution in [2.24, 2.45) is 0 Å². The van der Waals surface area contributed by atoms with Gasteiger partial charge in [-0.15, -0.1) is 0 Å². The summed E-state index contributed by atoms with van der Waals surface area (Å²) in [5, 5.41) is 3.50. The van der Waals surface area contributed by atoms with Crippen molar-refractivity contribution >= 4 is 23.1 Å². The van der Waals surface area contributed by atoms with Gasteiger partial charge in [0.15, 0.2) is 0 Å². The number of ether oxygens (including phenoxy) is 1. The van der Waals surface area contributed by atoms with Crippen molar-refractivity contribution in [3.8, 4) is 5.75 Å². The van der Waals surface area contributed by atoms with E-state index in [0.717, 1.165) is 22.9 Å². The summed E-state index contributed by atoms with van der Waals surface area (Å²) in [5.41, 5.74) is 4.28. The molecule has 31 heavy (non-hydrogen) atoms. The van der Waals surface area contributed by atoms with Crippen molar-refractivity contribution in [1.82, 2.24) is 9.97 Å². The summed E-state index contributed by atoms with van der Waals surface area (Å²) in [6, 6.07) is 28.5. The molecule has 3 aromatic carbocycles. The highest BCUT2D eigenvalue weighted by Crippen LogP contribution is 2.38. The normalized spacial score (nSPS) is 11.6. The molecule has 4 rings (SSSR count). The third-order valence-electron chi connectivity index (χ3n) is 5.13. The van der Waals surface area contributed by atoms with Crippen molar-refractivity contribution in [3.05, 3.63) is 102 Å². The average molecular weight is 411 g/mol. The van der Waals surface area contributed by atoms with E-state index in [0.29, 0.717) is 5.95 Å². The number of hydrogen-bond acceptors (Lipinski definition) is 5. The summed E-state index contributed by atoms with van der Waals surface area (Å²) < 4.78 is 5.62. The number of nitrogens with one attached hydrogen (secondary N) is 1. The van der Waals surface area contributed by atoms with Crippen LogP contribution in [0.15, 0.2) is 91.1 Å². The summed E-state index contributed by atoms with van der Waals surface area (Å²) >= 11 is 0. The van der Waals surface area contributed by atoms with Gasteiger partial charge in [0, 0.05) is 17.9 Å². The molecule has 4 aromatic rings. The Bertz CT molecular complexity index is 1130. The molecule has 0 spiro atoms. The van der Waals surface area contributed by atoms with E-state index in [1.54, 1.807) is 13.3 Å². The molecular weight excluding hydrogens is 384 g/mol. The highest BCUT2D eigenvalue weighted by atomic mass is 16.5. The Kier molecular flexibility index (Phi) is 6.13. The van der Waals surface area contributed by atoms with E-state index >= 15 is 0 Å². The minimum atomic E-state index is 0.111. The summed E-state index contributed by atoms with van der Waals surface area (Å²) in [6.45, 7) is 4.22. The number of aromatic nitrogens is 2. The van der Waals surface area contributed by atoms with Gasteiger partial charge in [0.1, 0.15) is 11.6 Å². The van der Waals surface area contributed by atoms with Crippen molar-refractivity contribution in [3.63, 3.8) is 0 Å². The molecule has 1 aromatic heterocycles. The first-order chi connectivity index (χ1) is 15.2. The van der Waals surface area contributed by atoms with Gasteiger partial charge < -0.3 is 10.1 Å². The fourth-order valence-electron chi connectivity index (χ4n) is 3.45. The summed E-state index contributed by atoms with van der Waals surface area (Å²) in [4.78, 5) is 11.4. The standard InChI is InChI=1S/C26H26N4O/c1-19-13-15-21(16-14-19)20(2)28-25-17-18-27-26(29-25)30(22-9-5-4-6-10-22)23-11-7-8-12-24(23)31-3/h4-18,20H,1-3H3,(H,27,28,29). The van der Waals surface area contributed by atoms with Gasteiger partial charge in [0.2, 0.25) is 5.95 Å². The number of nitrogens with zero attached hydrogens (tertiary/aromatic N) is 3. The topological polar surface area (TPSA) is 50.3 Å². The van der Waals surface area contributed by atoms with Crippen LogP contribution >= 0.6 is 0 Å². The second-order valence-corrected chi connectivity index (χ2v) is 7.36. The quantitative estimate of drug-likeness (QED) is 0.380. The van der Waals surface area contributed by atoms with E-state index in [2.05, 4.69) is 48.4 Å². The van der Waals surface area contributed by atoms with Crippen molar-refractivity contribution in [1.29, 1.82) is 0 Å². The minimum absolute atomic E-state index is 0.111. The number of hydrogen-bond donors (Lipinski definition) is 1. The maximum Gasteiger partial charge on any atom is 0.236 e. The summed E-state index contributed by atoms with van der Waals surface area (Å²) in [7, 11) is 1.67. The lowest BCUT2D eigenvalue weighted by molar-refractivity contribution is 0.416. The molecule has 1 heterocycles. The SMILES string of the molecule is COc1ccccc1N(c1ccccc1)c1nccc(NC(C)c2ccc(C)cc2)n1. The molecule has 0 saturated heterocycles. The number of para-hydroxylation sites is 3. The van der Waals surface area contributed by atoms with Crippen LogP contribution in [0.1, 0.15) is 24.1 Å². The third kappa shape index (κ3) is 4.67. The largest absolute Gasteiger partial charge is 0.495 e. The van der Waals surface area contributed by atoms with Gasteiger partial charge in [0.25, 0.3) is 0 Å². The van der Waals surface area contributed by atoms with Crippen LogP contribution in [0.25, 0.3) is 0 Å². The lowest BCUT2D eigenvalue weighted by Crippen LogP contribution is -2.16. The third-order valence-corrected chi connectivity index (χ3v) is 5.13. The van der Waals surface area contributed by atoms with Crippen LogP contribution in [0.2, 0.25) is 0 Å². The molecule has 0 fully saturated rings. The zero-order valence-electron chi connectivity index (χ0n) is 18.0. The van der Waals surface area contributed by atoms with Gasteiger partial charge in [0.05, 0.1) is 12.8 Å². The predicted octanol–water partition coefficient (Wildman–Crippen LogP) is 6.44. The van der Waals surface area contributed by atoms with Crippen LogP contribution in [-0.2, 0) is 0 Å². The van der Waals surface area contributed by atoms with Crippen molar-refractivity contribution < 1.29 is 4.74 Å². The molecule has 0 aliphatic rings. The van der Waals surface area contributed by atoms with E-state index in [9.17, 15) is 0 Å². The minimum Gasteiger partial charge on any atom is -0.495 e. The summed E-state index contributed by atoms with van der Waals surface area (Å²) in [5.74, 6) is 2.08. The van der Waals surface area contributed by atoms with Crippen molar-refractivity contribution in [2.75, 3.05) is 17.3 Å². The Morgan fingerprint density at radius 2 is 1.58 bits per heavy atom. The van der Waals surface area contributed by atoms with Gasteiger partial charge in [-0.25, -0.2) is 4.98 Å². The molecule has 1 N–H and O–H groups in total. The molecule has 1 atom stereocenters. The molecule has 0 saturated carbocycles. The first-order valence-electron chi connectivity index (χ1n) is 10.3. The monoisotopic (exact) mass is 410 g/mol. The van der Waals surface area contributed by atoms with E-state index in [1.165, 1.54) is 11.1 Å². The lowest BCUT2D eigenvalue weighted by atomic mass is 10.1. The number of methoxy groups -OCH3 is 1. The molecule has 0 aliphatic heterocycles. The Balaban J connectivity index is 1.70. The first kappa shape index (κ1) is 20.4. The number of rotatable bonds is 7. The van der Waals surface area contributed by atoms with E-state index in [4.69, 9.17) is 9.72 Å². The Morgan fingerprint density at radius 3 is 2.32 bits per heavy atom. The molecule has 1 unspecified atom stereocenters. The fraction of sp³-hybridized carbons (Fsp3) is 0.154. The second-order valence-electron chi connectivity index (χ2n) is 7.36. The van der Waals surface area contributed by atoms with Crippen LogP contribution in [0.3, 0.4) is 0 Å². The molecule has 156 valence electrons. The molecule has 0 radical (unpaired) electrons. The van der Waals surface area contributed by atoms with E-state index in [1.807, 2.05) is 65.6 Å². The highest BCUT2D eigenvalue weighted by molar-refractivity contribution is 5.77. The first-order valence-corrected chi connectivity index (χ1v) is 10.3. The molecule has 5 heteroatoms. The Labute approximate surface area is 183 Å². The molecule has 0 bridgehead atoms. The molecule has 0 amide bonds. The number of aryl methyl sites for hydroxylation is 1.